The molecule has 0 aromatic heterocycles. The summed E-state index contributed by atoms with van der Waals surface area (Å²) >= 11 is 3.90. The van der Waals surface area contributed by atoms with Crippen LogP contribution >= 0.6 is 23.5 Å². The minimum absolute atomic E-state index is 0.151. The quantitative estimate of drug-likeness (QED) is 0.720. The summed E-state index contributed by atoms with van der Waals surface area (Å²) in [4.78, 5) is 0. The van der Waals surface area contributed by atoms with E-state index in [1.807, 2.05) is 23.5 Å². The zero-order valence-corrected chi connectivity index (χ0v) is 12.1. The highest BCUT2D eigenvalue weighted by Crippen LogP contribution is 2.35. The van der Waals surface area contributed by atoms with Gasteiger partial charge in [-0.3, -0.25) is 0 Å². The lowest BCUT2D eigenvalue weighted by Crippen LogP contribution is -2.15. The summed E-state index contributed by atoms with van der Waals surface area (Å²) in [5, 5.41) is 10.0. The summed E-state index contributed by atoms with van der Waals surface area (Å²) in [6.45, 7) is 4.34. The van der Waals surface area contributed by atoms with Crippen molar-refractivity contribution in [3.05, 3.63) is 10.3 Å². The Kier molecular flexibility index (Phi) is 7.67. The molecule has 1 N–H and O–H groups in total. The Labute approximate surface area is 108 Å². The first kappa shape index (κ1) is 14.5. The minimum atomic E-state index is -0.151. The molecule has 1 saturated heterocycles. The van der Waals surface area contributed by atoms with Gasteiger partial charge in [-0.05, 0) is 24.3 Å². The van der Waals surface area contributed by atoms with Gasteiger partial charge in [-0.15, -0.1) is 23.5 Å². The molecular weight excluding hydrogens is 236 g/mol. The molecule has 1 heterocycles. The highest BCUT2D eigenvalue weighted by molar-refractivity contribution is 8.22. The number of aliphatic hydroxyl groups excluding tert-OH is 1. The molecule has 0 saturated carbocycles. The lowest BCUT2D eigenvalue weighted by Gasteiger charge is -2.19. The van der Waals surface area contributed by atoms with Gasteiger partial charge in [-0.25, -0.2) is 0 Å². The largest absolute Gasteiger partial charge is 0.393 e. The monoisotopic (exact) mass is 260 g/mol. The van der Waals surface area contributed by atoms with Crippen LogP contribution in [-0.2, 0) is 0 Å². The fraction of sp³-hybridized carbons (Fsp3) is 0.846. The first-order chi connectivity index (χ1) is 7.74. The van der Waals surface area contributed by atoms with E-state index in [1.54, 1.807) is 0 Å². The molecule has 3 heteroatoms. The summed E-state index contributed by atoms with van der Waals surface area (Å²) in [6.07, 6.45) is 8.02. The molecule has 0 bridgehead atoms. The predicted molar refractivity (Wildman–Crippen MR) is 76.9 cm³/mol. The minimum Gasteiger partial charge on any atom is -0.393 e. The Morgan fingerprint density at radius 2 is 2.00 bits per heavy atom. The molecule has 1 fully saturated rings. The van der Waals surface area contributed by atoms with Crippen molar-refractivity contribution < 1.29 is 5.11 Å². The molecule has 1 rings (SSSR count). The fourth-order valence-corrected chi connectivity index (χ4v) is 4.35. The second-order valence-corrected chi connectivity index (χ2v) is 6.99. The molecule has 16 heavy (non-hydrogen) atoms. The van der Waals surface area contributed by atoms with Crippen molar-refractivity contribution in [2.24, 2.45) is 5.92 Å². The number of rotatable bonds is 6. The highest BCUT2D eigenvalue weighted by atomic mass is 32.2. The first-order valence-electron chi connectivity index (χ1n) is 6.39. The van der Waals surface area contributed by atoms with Gasteiger partial charge in [0.05, 0.1) is 6.10 Å². The number of unbranched alkanes of at least 4 members (excludes halogenated alkanes) is 2. The second kappa shape index (κ2) is 8.48. The maximum atomic E-state index is 10.0. The first-order valence-corrected chi connectivity index (χ1v) is 8.36. The molecule has 0 aromatic carbocycles. The van der Waals surface area contributed by atoms with Crippen LogP contribution < -0.4 is 0 Å². The van der Waals surface area contributed by atoms with E-state index in [0.717, 1.165) is 12.8 Å². The van der Waals surface area contributed by atoms with Gasteiger partial charge >= 0.3 is 0 Å². The van der Waals surface area contributed by atoms with Gasteiger partial charge < -0.3 is 5.11 Å². The fourth-order valence-electron chi connectivity index (χ4n) is 1.73. The summed E-state index contributed by atoms with van der Waals surface area (Å²) in [5.41, 5.74) is 0. The molecule has 1 aliphatic rings. The molecule has 0 aromatic rings. The Bertz CT molecular complexity index is 208. The van der Waals surface area contributed by atoms with Crippen molar-refractivity contribution in [1.29, 1.82) is 0 Å². The standard InChI is InChI=1S/C13H24OS2/c1-3-4-5-7-12(14)11(2)10-13-15-8-6-9-16-13/h10-12,14H,3-9H2,1-2H3/t11-,12+/m0/s1. The summed E-state index contributed by atoms with van der Waals surface area (Å²) in [7, 11) is 0. The lowest BCUT2D eigenvalue weighted by molar-refractivity contribution is 0.125. The van der Waals surface area contributed by atoms with Crippen LogP contribution in [0.5, 0.6) is 0 Å². The van der Waals surface area contributed by atoms with Gasteiger partial charge in [0.2, 0.25) is 0 Å². The van der Waals surface area contributed by atoms with Crippen molar-refractivity contribution in [1.82, 2.24) is 0 Å². The third-order valence-electron chi connectivity index (χ3n) is 2.89. The maximum Gasteiger partial charge on any atom is 0.0600 e. The Morgan fingerprint density at radius 3 is 2.62 bits per heavy atom. The lowest BCUT2D eigenvalue weighted by atomic mass is 9.99. The molecular formula is C13H24OS2. The van der Waals surface area contributed by atoms with Gasteiger partial charge in [0, 0.05) is 10.2 Å². The molecule has 1 aliphatic heterocycles. The third kappa shape index (κ3) is 5.65. The van der Waals surface area contributed by atoms with Gasteiger partial charge in [-0.2, -0.15) is 0 Å². The summed E-state index contributed by atoms with van der Waals surface area (Å²) < 4.78 is 1.42. The predicted octanol–water partition coefficient (Wildman–Crippen LogP) is 4.28. The number of hydrogen-bond acceptors (Lipinski definition) is 3. The van der Waals surface area contributed by atoms with Gasteiger partial charge in [0.1, 0.15) is 0 Å². The van der Waals surface area contributed by atoms with Gasteiger partial charge in [0.25, 0.3) is 0 Å². The molecule has 94 valence electrons. The van der Waals surface area contributed by atoms with Crippen LogP contribution in [0.4, 0.5) is 0 Å². The Balaban J connectivity index is 2.28. The SMILES string of the molecule is CCCCC[C@@H](O)[C@@H](C)C=C1SCCCS1. The highest BCUT2D eigenvalue weighted by Gasteiger charge is 2.14. The topological polar surface area (TPSA) is 20.2 Å². The smallest absolute Gasteiger partial charge is 0.0600 e. The number of thioether (sulfide) groups is 2. The van der Waals surface area contributed by atoms with E-state index in [-0.39, 0.29) is 6.10 Å². The zero-order valence-electron chi connectivity index (χ0n) is 10.4. The second-order valence-electron chi connectivity index (χ2n) is 4.46. The average Bonchev–Trinajstić information content (AvgIpc) is 2.30. The van der Waals surface area contributed by atoms with E-state index in [0.29, 0.717) is 5.92 Å². The van der Waals surface area contributed by atoms with Crippen molar-refractivity contribution in [2.45, 2.75) is 52.1 Å². The molecule has 1 nitrogen and oxygen atoms in total. The Morgan fingerprint density at radius 1 is 1.31 bits per heavy atom. The van der Waals surface area contributed by atoms with Crippen molar-refractivity contribution in [3.63, 3.8) is 0 Å². The van der Waals surface area contributed by atoms with Crippen molar-refractivity contribution >= 4 is 23.5 Å². The van der Waals surface area contributed by atoms with Gasteiger partial charge in [0.15, 0.2) is 0 Å². The van der Waals surface area contributed by atoms with Crippen molar-refractivity contribution in [2.75, 3.05) is 11.5 Å². The van der Waals surface area contributed by atoms with Crippen LogP contribution in [0, 0.1) is 5.92 Å². The molecule has 0 amide bonds. The van der Waals surface area contributed by atoms with Crippen LogP contribution in [0.1, 0.15) is 46.0 Å². The van der Waals surface area contributed by atoms with E-state index in [9.17, 15) is 5.11 Å². The van der Waals surface area contributed by atoms with Crippen LogP contribution in [-0.4, -0.2) is 22.7 Å². The maximum absolute atomic E-state index is 10.0. The van der Waals surface area contributed by atoms with E-state index < -0.39 is 0 Å². The summed E-state index contributed by atoms with van der Waals surface area (Å²) in [5.74, 6) is 2.81. The normalized spacial score (nSPS) is 20.6. The third-order valence-corrected chi connectivity index (χ3v) is 5.42. The zero-order chi connectivity index (χ0) is 11.8. The van der Waals surface area contributed by atoms with E-state index in [4.69, 9.17) is 0 Å². The van der Waals surface area contributed by atoms with Crippen LogP contribution in [0.2, 0.25) is 0 Å². The Hall–Kier alpha value is 0.400. The molecule has 0 unspecified atom stereocenters. The number of aliphatic hydroxyl groups is 1. The number of hydrogen-bond donors (Lipinski definition) is 1. The van der Waals surface area contributed by atoms with Crippen LogP contribution in [0.15, 0.2) is 10.3 Å². The molecule has 0 aliphatic carbocycles. The van der Waals surface area contributed by atoms with E-state index >= 15 is 0 Å². The van der Waals surface area contributed by atoms with E-state index in [2.05, 4.69) is 19.9 Å². The van der Waals surface area contributed by atoms with Crippen LogP contribution in [0.25, 0.3) is 0 Å². The van der Waals surface area contributed by atoms with Crippen molar-refractivity contribution in [3.8, 4) is 0 Å². The molecule has 0 spiro atoms. The molecule has 0 radical (unpaired) electrons. The molecule has 2 atom stereocenters. The van der Waals surface area contributed by atoms with E-state index in [1.165, 1.54) is 35.0 Å². The average molecular weight is 260 g/mol. The summed E-state index contributed by atoms with van der Waals surface area (Å²) in [6, 6.07) is 0. The van der Waals surface area contributed by atoms with Gasteiger partial charge in [-0.1, -0.05) is 39.2 Å². The van der Waals surface area contributed by atoms with Crippen LogP contribution in [0.3, 0.4) is 0 Å².